The molecule has 0 unspecified atom stereocenters. The molecule has 17 heavy (non-hydrogen) atoms. The molecule has 0 aliphatic carbocycles. The highest BCUT2D eigenvalue weighted by Gasteiger charge is 2.07. The van der Waals surface area contributed by atoms with Gasteiger partial charge < -0.3 is 0 Å². The summed E-state index contributed by atoms with van der Waals surface area (Å²) < 4.78 is 0. The van der Waals surface area contributed by atoms with E-state index in [1.165, 1.54) is 6.92 Å². The predicted octanol–water partition coefficient (Wildman–Crippen LogP) is 3.91. The zero-order valence-corrected chi connectivity index (χ0v) is 10.5. The third-order valence-electron chi connectivity index (χ3n) is 2.56. The molecule has 0 spiro atoms. The number of carbonyl (C=O) groups is 1. The van der Waals surface area contributed by atoms with Crippen LogP contribution in [0.2, 0.25) is 5.02 Å². The summed E-state index contributed by atoms with van der Waals surface area (Å²) >= 11 is 6.07. The normalized spacial score (nSPS) is 10.3. The zero-order chi connectivity index (χ0) is 12.4. The summed E-state index contributed by atoms with van der Waals surface area (Å²) in [5, 5.41) is 0.483. The minimum absolute atomic E-state index is 0.0242. The standard InChI is InChI=1S/C14H12ClNO/c1-9-5-12(8-16-7-9)11-3-4-13(10(2)17)14(15)6-11/h3-8H,1-2H3. The molecule has 2 nitrogen and oxygen atoms in total. The monoisotopic (exact) mass is 245 g/mol. The van der Waals surface area contributed by atoms with E-state index in [-0.39, 0.29) is 5.78 Å². The summed E-state index contributed by atoms with van der Waals surface area (Å²) in [5.74, 6) is -0.0242. The Bertz CT molecular complexity index is 578. The SMILES string of the molecule is CC(=O)c1ccc(-c2cncc(C)c2)cc1Cl. The average Bonchev–Trinajstić information content (AvgIpc) is 2.28. The fraction of sp³-hybridized carbons (Fsp3) is 0.143. The first-order valence-electron chi connectivity index (χ1n) is 5.30. The molecule has 0 amide bonds. The number of benzene rings is 1. The predicted molar refractivity (Wildman–Crippen MR) is 69.4 cm³/mol. The van der Waals surface area contributed by atoms with Crippen molar-refractivity contribution in [3.8, 4) is 11.1 Å². The second-order valence-electron chi connectivity index (χ2n) is 4.00. The summed E-state index contributed by atoms with van der Waals surface area (Å²) in [6.45, 7) is 3.50. The minimum atomic E-state index is -0.0242. The molecular formula is C14H12ClNO. The largest absolute Gasteiger partial charge is 0.294 e. The molecule has 0 N–H and O–H groups in total. The maximum Gasteiger partial charge on any atom is 0.161 e. The molecule has 1 aromatic carbocycles. The molecule has 2 aromatic rings. The first-order chi connectivity index (χ1) is 8.08. The summed E-state index contributed by atoms with van der Waals surface area (Å²) in [5.41, 5.74) is 3.61. The molecule has 0 aliphatic heterocycles. The van der Waals surface area contributed by atoms with Crippen LogP contribution in [-0.2, 0) is 0 Å². The van der Waals surface area contributed by atoms with Crippen LogP contribution in [0.15, 0.2) is 36.7 Å². The molecule has 0 saturated heterocycles. The van der Waals surface area contributed by atoms with Crippen LogP contribution >= 0.6 is 11.6 Å². The Labute approximate surface area is 105 Å². The number of ketones is 1. The maximum absolute atomic E-state index is 11.3. The molecule has 0 fully saturated rings. The molecule has 0 saturated carbocycles. The Hall–Kier alpha value is -1.67. The molecule has 86 valence electrons. The van der Waals surface area contributed by atoms with Gasteiger partial charge in [0, 0.05) is 23.5 Å². The number of rotatable bonds is 2. The van der Waals surface area contributed by atoms with Crippen molar-refractivity contribution >= 4 is 17.4 Å². The number of aromatic nitrogens is 1. The van der Waals surface area contributed by atoms with Gasteiger partial charge in [0.25, 0.3) is 0 Å². The first kappa shape index (κ1) is 11.8. The van der Waals surface area contributed by atoms with Gasteiger partial charge in [-0.25, -0.2) is 0 Å². The molecule has 0 aliphatic rings. The van der Waals surface area contributed by atoms with E-state index in [0.29, 0.717) is 10.6 Å². The van der Waals surface area contributed by atoms with Crippen LogP contribution in [0.25, 0.3) is 11.1 Å². The Morgan fingerprint density at radius 2 is 1.94 bits per heavy atom. The number of carbonyl (C=O) groups excluding carboxylic acids is 1. The van der Waals surface area contributed by atoms with Crippen molar-refractivity contribution in [3.05, 3.63) is 52.8 Å². The Morgan fingerprint density at radius 3 is 2.53 bits per heavy atom. The van der Waals surface area contributed by atoms with Gasteiger partial charge in [0.15, 0.2) is 5.78 Å². The maximum atomic E-state index is 11.3. The van der Waals surface area contributed by atoms with Gasteiger partial charge in [0.2, 0.25) is 0 Å². The van der Waals surface area contributed by atoms with E-state index in [1.807, 2.05) is 19.1 Å². The minimum Gasteiger partial charge on any atom is -0.294 e. The summed E-state index contributed by atoms with van der Waals surface area (Å²) in [6, 6.07) is 7.47. The van der Waals surface area contributed by atoms with E-state index in [1.54, 1.807) is 24.5 Å². The Kier molecular flexibility index (Phi) is 3.25. The van der Waals surface area contributed by atoms with E-state index in [9.17, 15) is 4.79 Å². The van der Waals surface area contributed by atoms with Gasteiger partial charge in [-0.3, -0.25) is 9.78 Å². The van der Waals surface area contributed by atoms with E-state index in [2.05, 4.69) is 4.98 Å². The van der Waals surface area contributed by atoms with Crippen LogP contribution in [0.5, 0.6) is 0 Å². The molecular weight excluding hydrogens is 234 g/mol. The fourth-order valence-corrected chi connectivity index (χ4v) is 2.01. The number of nitrogens with zero attached hydrogens (tertiary/aromatic N) is 1. The Balaban J connectivity index is 2.48. The molecule has 0 atom stereocenters. The van der Waals surface area contributed by atoms with Gasteiger partial charge in [0.1, 0.15) is 0 Å². The number of pyridine rings is 1. The lowest BCUT2D eigenvalue weighted by Gasteiger charge is -2.05. The van der Waals surface area contributed by atoms with Gasteiger partial charge in [-0.05, 0) is 43.2 Å². The first-order valence-corrected chi connectivity index (χ1v) is 5.68. The van der Waals surface area contributed by atoms with Crippen LogP contribution in [0.4, 0.5) is 0 Å². The smallest absolute Gasteiger partial charge is 0.161 e. The van der Waals surface area contributed by atoms with E-state index >= 15 is 0 Å². The van der Waals surface area contributed by atoms with Gasteiger partial charge >= 0.3 is 0 Å². The van der Waals surface area contributed by atoms with E-state index in [4.69, 9.17) is 11.6 Å². The van der Waals surface area contributed by atoms with Crippen molar-refractivity contribution in [1.82, 2.24) is 4.98 Å². The van der Waals surface area contributed by atoms with Crippen LogP contribution in [0.1, 0.15) is 22.8 Å². The average molecular weight is 246 g/mol. The molecule has 0 radical (unpaired) electrons. The lowest BCUT2D eigenvalue weighted by atomic mass is 10.0. The van der Waals surface area contributed by atoms with Gasteiger partial charge in [-0.2, -0.15) is 0 Å². The molecule has 1 heterocycles. The van der Waals surface area contributed by atoms with Crippen LogP contribution in [0.3, 0.4) is 0 Å². The van der Waals surface area contributed by atoms with Crippen LogP contribution in [0, 0.1) is 6.92 Å². The molecule has 0 bridgehead atoms. The number of aryl methyl sites for hydroxylation is 1. The van der Waals surface area contributed by atoms with Crippen LogP contribution in [-0.4, -0.2) is 10.8 Å². The van der Waals surface area contributed by atoms with Crippen LogP contribution < -0.4 is 0 Å². The zero-order valence-electron chi connectivity index (χ0n) is 9.70. The highest BCUT2D eigenvalue weighted by Crippen LogP contribution is 2.25. The van der Waals surface area contributed by atoms with Crippen molar-refractivity contribution < 1.29 is 4.79 Å². The lowest BCUT2D eigenvalue weighted by molar-refractivity contribution is 0.101. The summed E-state index contributed by atoms with van der Waals surface area (Å²) in [4.78, 5) is 15.4. The fourth-order valence-electron chi connectivity index (χ4n) is 1.69. The molecule has 1 aromatic heterocycles. The summed E-state index contributed by atoms with van der Waals surface area (Å²) in [7, 11) is 0. The van der Waals surface area contributed by atoms with Crippen molar-refractivity contribution in [2.45, 2.75) is 13.8 Å². The van der Waals surface area contributed by atoms with Gasteiger partial charge in [-0.15, -0.1) is 0 Å². The second kappa shape index (κ2) is 4.68. The van der Waals surface area contributed by atoms with Crippen molar-refractivity contribution in [2.75, 3.05) is 0 Å². The molecule has 3 heteroatoms. The number of Topliss-reactive ketones (excluding diaryl/α,β-unsaturated/α-hetero) is 1. The quantitative estimate of drug-likeness (QED) is 0.751. The number of hydrogen-bond donors (Lipinski definition) is 0. The highest BCUT2D eigenvalue weighted by molar-refractivity contribution is 6.34. The topological polar surface area (TPSA) is 30.0 Å². The molecule has 2 rings (SSSR count). The number of hydrogen-bond acceptors (Lipinski definition) is 2. The third kappa shape index (κ3) is 2.53. The van der Waals surface area contributed by atoms with Gasteiger partial charge in [-0.1, -0.05) is 17.7 Å². The Morgan fingerprint density at radius 1 is 1.18 bits per heavy atom. The number of halogens is 1. The van der Waals surface area contributed by atoms with E-state index < -0.39 is 0 Å². The van der Waals surface area contributed by atoms with Crippen molar-refractivity contribution in [1.29, 1.82) is 0 Å². The highest BCUT2D eigenvalue weighted by atomic mass is 35.5. The second-order valence-corrected chi connectivity index (χ2v) is 4.41. The van der Waals surface area contributed by atoms with Crippen molar-refractivity contribution in [3.63, 3.8) is 0 Å². The third-order valence-corrected chi connectivity index (χ3v) is 2.87. The van der Waals surface area contributed by atoms with Gasteiger partial charge in [0.05, 0.1) is 5.02 Å². The lowest BCUT2D eigenvalue weighted by Crippen LogP contribution is -1.93. The summed E-state index contributed by atoms with van der Waals surface area (Å²) in [6.07, 6.45) is 3.58. The van der Waals surface area contributed by atoms with E-state index in [0.717, 1.165) is 16.7 Å². The van der Waals surface area contributed by atoms with Crippen molar-refractivity contribution in [2.24, 2.45) is 0 Å².